The summed E-state index contributed by atoms with van der Waals surface area (Å²) in [7, 11) is 0. The van der Waals surface area contributed by atoms with E-state index in [-0.39, 0.29) is 17.5 Å². The summed E-state index contributed by atoms with van der Waals surface area (Å²) < 4.78 is 0. The summed E-state index contributed by atoms with van der Waals surface area (Å²) in [6, 6.07) is 7.93. The Morgan fingerprint density at radius 3 is 2.28 bits per heavy atom. The number of hydrogen-bond donors (Lipinski definition) is 2. The molecule has 0 atom stereocenters. The molecule has 1 aliphatic rings. The molecule has 1 aromatic carbocycles. The molecule has 2 heterocycles. The van der Waals surface area contributed by atoms with E-state index in [0.717, 1.165) is 5.56 Å². The lowest BCUT2D eigenvalue weighted by Gasteiger charge is -2.34. The van der Waals surface area contributed by atoms with Crippen molar-refractivity contribution < 1.29 is 9.59 Å². The molecule has 0 aliphatic carbocycles. The molecule has 1 aliphatic heterocycles. The van der Waals surface area contributed by atoms with Crippen LogP contribution in [-0.2, 0) is 4.79 Å². The monoisotopic (exact) mass is 340 g/mol. The van der Waals surface area contributed by atoms with Gasteiger partial charge in [-0.1, -0.05) is 29.8 Å². The van der Waals surface area contributed by atoms with E-state index in [1.54, 1.807) is 22.0 Å². The maximum Gasteiger partial charge on any atom is 0.323 e. The van der Waals surface area contributed by atoms with Crippen molar-refractivity contribution in [3.63, 3.8) is 0 Å². The first-order valence-corrected chi connectivity index (χ1v) is 8.13. The van der Waals surface area contributed by atoms with Gasteiger partial charge in [-0.15, -0.1) is 0 Å². The lowest BCUT2D eigenvalue weighted by Crippen LogP contribution is -2.50. The van der Waals surface area contributed by atoms with Crippen molar-refractivity contribution in [3.8, 4) is 0 Å². The first-order chi connectivity index (χ1) is 12.0. The summed E-state index contributed by atoms with van der Waals surface area (Å²) in [6.07, 6.45) is 4.72. The molecule has 1 fully saturated rings. The number of carbonyl (C=O) groups excluding carboxylic acids is 2. The minimum atomic E-state index is -0.404. The van der Waals surface area contributed by atoms with Gasteiger partial charge in [-0.3, -0.25) is 9.59 Å². The van der Waals surface area contributed by atoms with E-state index in [2.05, 4.69) is 9.97 Å². The predicted octanol–water partition coefficient (Wildman–Crippen LogP) is 1.01. The molecule has 0 radical (unpaired) electrons. The van der Waals surface area contributed by atoms with Crippen molar-refractivity contribution in [1.82, 2.24) is 19.8 Å². The minimum Gasteiger partial charge on any atom is -0.336 e. The summed E-state index contributed by atoms with van der Waals surface area (Å²) in [5, 5.41) is 0. The van der Waals surface area contributed by atoms with Crippen LogP contribution in [0, 0.1) is 6.92 Å². The van der Waals surface area contributed by atoms with E-state index in [0.29, 0.717) is 26.2 Å². The standard InChI is InChI=1S/C18H20N4O3/c1-13-2-4-14(5-3-13)6-7-16(23)21-8-10-22(11-9-21)17(24)15-12-19-18(25)20-15/h2-7,12H,8-11H2,1H3,(H2,19,20,25)/b7-6+. The van der Waals surface area contributed by atoms with Crippen LogP contribution in [0.1, 0.15) is 21.6 Å². The third-order valence-electron chi connectivity index (χ3n) is 4.20. The minimum absolute atomic E-state index is 0.0669. The summed E-state index contributed by atoms with van der Waals surface area (Å²) in [5.41, 5.74) is 1.99. The van der Waals surface area contributed by atoms with Crippen molar-refractivity contribution in [2.75, 3.05) is 26.2 Å². The normalized spacial score (nSPS) is 14.9. The maximum atomic E-state index is 12.3. The van der Waals surface area contributed by atoms with Gasteiger partial charge in [-0.05, 0) is 18.6 Å². The van der Waals surface area contributed by atoms with Crippen LogP contribution in [0.15, 0.2) is 41.3 Å². The number of aromatic amines is 2. The number of aromatic nitrogens is 2. The molecule has 130 valence electrons. The van der Waals surface area contributed by atoms with Crippen LogP contribution in [0.4, 0.5) is 0 Å². The Bertz CT molecular complexity index is 840. The number of nitrogens with zero attached hydrogens (tertiary/aromatic N) is 2. The Kier molecular flexibility index (Phi) is 4.83. The van der Waals surface area contributed by atoms with Crippen LogP contribution >= 0.6 is 0 Å². The molecule has 7 nitrogen and oxygen atoms in total. The number of rotatable bonds is 3. The lowest BCUT2D eigenvalue weighted by atomic mass is 10.1. The zero-order valence-electron chi connectivity index (χ0n) is 14.0. The average Bonchev–Trinajstić information content (AvgIpc) is 3.07. The summed E-state index contributed by atoms with van der Waals surface area (Å²) in [5.74, 6) is -0.302. The van der Waals surface area contributed by atoms with Gasteiger partial charge in [0.2, 0.25) is 5.91 Å². The lowest BCUT2D eigenvalue weighted by molar-refractivity contribution is -0.127. The third kappa shape index (κ3) is 4.06. The Labute approximate surface area is 145 Å². The number of benzene rings is 1. The van der Waals surface area contributed by atoms with Crippen LogP contribution in [-0.4, -0.2) is 57.8 Å². The number of piperazine rings is 1. The second kappa shape index (κ2) is 7.21. The van der Waals surface area contributed by atoms with Crippen LogP contribution in [0.2, 0.25) is 0 Å². The molecule has 25 heavy (non-hydrogen) atoms. The van der Waals surface area contributed by atoms with Crippen molar-refractivity contribution in [1.29, 1.82) is 0 Å². The Hall–Kier alpha value is -3.09. The molecule has 7 heteroatoms. The molecule has 3 rings (SSSR count). The third-order valence-corrected chi connectivity index (χ3v) is 4.20. The molecule has 2 N–H and O–H groups in total. The van der Waals surface area contributed by atoms with E-state index >= 15 is 0 Å². The summed E-state index contributed by atoms with van der Waals surface area (Å²) in [6.45, 7) is 3.84. The van der Waals surface area contributed by atoms with Gasteiger partial charge >= 0.3 is 5.69 Å². The number of aryl methyl sites for hydroxylation is 1. The first kappa shape index (κ1) is 16.8. The number of carbonyl (C=O) groups is 2. The molecule has 2 aromatic rings. The molecule has 0 spiro atoms. The molecule has 1 saturated heterocycles. The topological polar surface area (TPSA) is 89.3 Å². The van der Waals surface area contributed by atoms with Crippen LogP contribution in [0.3, 0.4) is 0 Å². The van der Waals surface area contributed by atoms with Crippen LogP contribution < -0.4 is 5.69 Å². The second-order valence-electron chi connectivity index (χ2n) is 6.02. The fourth-order valence-electron chi connectivity index (χ4n) is 2.70. The maximum absolute atomic E-state index is 12.3. The molecular formula is C18H20N4O3. The van der Waals surface area contributed by atoms with Gasteiger partial charge in [0, 0.05) is 38.5 Å². The van der Waals surface area contributed by atoms with E-state index in [1.165, 1.54) is 11.8 Å². The van der Waals surface area contributed by atoms with Crippen molar-refractivity contribution in [3.05, 3.63) is 63.8 Å². The fraction of sp³-hybridized carbons (Fsp3) is 0.278. The average molecular weight is 340 g/mol. The SMILES string of the molecule is Cc1ccc(/C=C/C(=O)N2CCN(C(=O)c3c[nH]c(=O)[nH]3)CC2)cc1. The van der Waals surface area contributed by atoms with Gasteiger partial charge in [0.05, 0.1) is 0 Å². The summed E-state index contributed by atoms with van der Waals surface area (Å²) >= 11 is 0. The molecule has 0 unspecified atom stereocenters. The zero-order valence-corrected chi connectivity index (χ0v) is 14.0. The highest BCUT2D eigenvalue weighted by Gasteiger charge is 2.24. The smallest absolute Gasteiger partial charge is 0.323 e. The van der Waals surface area contributed by atoms with Gasteiger partial charge in [-0.2, -0.15) is 0 Å². The van der Waals surface area contributed by atoms with Gasteiger partial charge in [0.25, 0.3) is 5.91 Å². The molecule has 2 amide bonds. The van der Waals surface area contributed by atoms with Crippen molar-refractivity contribution in [2.24, 2.45) is 0 Å². The highest BCUT2D eigenvalue weighted by molar-refractivity contribution is 5.93. The van der Waals surface area contributed by atoms with Crippen LogP contribution in [0.5, 0.6) is 0 Å². The number of hydrogen-bond acceptors (Lipinski definition) is 3. The highest BCUT2D eigenvalue weighted by Crippen LogP contribution is 2.09. The summed E-state index contributed by atoms with van der Waals surface area (Å²) in [4.78, 5) is 43.8. The molecule has 0 bridgehead atoms. The Balaban J connectivity index is 1.54. The molecule has 1 aromatic heterocycles. The van der Waals surface area contributed by atoms with Crippen LogP contribution in [0.25, 0.3) is 6.08 Å². The van der Waals surface area contributed by atoms with E-state index in [9.17, 15) is 14.4 Å². The number of amides is 2. The van der Waals surface area contributed by atoms with Crippen molar-refractivity contribution in [2.45, 2.75) is 6.92 Å². The van der Waals surface area contributed by atoms with Crippen molar-refractivity contribution >= 4 is 17.9 Å². The largest absolute Gasteiger partial charge is 0.336 e. The van der Waals surface area contributed by atoms with Gasteiger partial charge in [0.15, 0.2) is 0 Å². The quantitative estimate of drug-likeness (QED) is 0.817. The Morgan fingerprint density at radius 2 is 1.68 bits per heavy atom. The number of H-pyrrole nitrogens is 2. The fourth-order valence-corrected chi connectivity index (χ4v) is 2.70. The number of nitrogens with one attached hydrogen (secondary N) is 2. The van der Waals surface area contributed by atoms with E-state index in [4.69, 9.17) is 0 Å². The molecule has 0 saturated carbocycles. The molecular weight excluding hydrogens is 320 g/mol. The van der Waals surface area contributed by atoms with Gasteiger partial charge in [0.1, 0.15) is 5.69 Å². The highest BCUT2D eigenvalue weighted by atomic mass is 16.2. The first-order valence-electron chi connectivity index (χ1n) is 8.13. The van der Waals surface area contributed by atoms with E-state index < -0.39 is 5.69 Å². The van der Waals surface area contributed by atoms with E-state index in [1.807, 2.05) is 31.2 Å². The van der Waals surface area contributed by atoms with Gasteiger partial charge < -0.3 is 19.8 Å². The zero-order chi connectivity index (χ0) is 17.8. The Morgan fingerprint density at radius 1 is 1.04 bits per heavy atom. The van der Waals surface area contributed by atoms with Gasteiger partial charge in [-0.25, -0.2) is 4.79 Å². The predicted molar refractivity (Wildman–Crippen MR) is 94.1 cm³/mol. The second-order valence-corrected chi connectivity index (χ2v) is 6.02. The number of imidazole rings is 1.